The van der Waals surface area contributed by atoms with Crippen molar-refractivity contribution >= 4 is 5.91 Å². The van der Waals surface area contributed by atoms with Gasteiger partial charge in [0.15, 0.2) is 11.6 Å². The Morgan fingerprint density at radius 2 is 1.88 bits per heavy atom. The lowest BCUT2D eigenvalue weighted by molar-refractivity contribution is -0.0164. The molecule has 0 aliphatic carbocycles. The molecule has 4 nitrogen and oxygen atoms in total. The first-order chi connectivity index (χ1) is 11.6. The zero-order chi connectivity index (χ0) is 17.6. The van der Waals surface area contributed by atoms with E-state index in [4.69, 9.17) is 9.47 Å². The predicted molar refractivity (Wildman–Crippen MR) is 90.7 cm³/mol. The molecule has 24 heavy (non-hydrogen) atoms. The van der Waals surface area contributed by atoms with E-state index in [2.05, 4.69) is 5.32 Å². The molecule has 1 N–H and O–H groups in total. The molecule has 0 aliphatic rings. The molecule has 1 amide bonds. The molecule has 0 bridgehead atoms. The fourth-order valence-corrected chi connectivity index (χ4v) is 2.64. The summed E-state index contributed by atoms with van der Waals surface area (Å²) < 4.78 is 24.3. The molecule has 128 valence electrons. The minimum Gasteiger partial charge on any atom is -0.494 e. The van der Waals surface area contributed by atoms with Gasteiger partial charge in [-0.1, -0.05) is 37.3 Å². The van der Waals surface area contributed by atoms with Crippen molar-refractivity contribution in [2.75, 3.05) is 20.8 Å². The second kappa shape index (κ2) is 7.93. The number of rotatable bonds is 7. The number of halogens is 1. The van der Waals surface area contributed by atoms with E-state index in [0.29, 0.717) is 6.42 Å². The molecule has 0 spiro atoms. The maximum Gasteiger partial charge on any atom is 0.251 e. The maximum atomic E-state index is 13.8. The SMILES string of the molecule is CC[C@@](CNC(=O)c1ccc(OC)c(F)c1)(OC)c1ccccc1. The van der Waals surface area contributed by atoms with Gasteiger partial charge in [-0.25, -0.2) is 4.39 Å². The number of carbonyl (C=O) groups is 1. The normalized spacial score (nSPS) is 13.2. The minimum atomic E-state index is -0.623. The second-order valence-corrected chi connectivity index (χ2v) is 5.45. The highest BCUT2D eigenvalue weighted by molar-refractivity contribution is 5.94. The molecule has 0 unspecified atom stereocenters. The van der Waals surface area contributed by atoms with E-state index in [0.717, 1.165) is 11.6 Å². The number of amides is 1. The summed E-state index contributed by atoms with van der Waals surface area (Å²) in [6, 6.07) is 13.8. The predicted octanol–water partition coefficient (Wildman–Crippen LogP) is 3.52. The largest absolute Gasteiger partial charge is 0.494 e. The lowest BCUT2D eigenvalue weighted by atomic mass is 9.90. The van der Waals surface area contributed by atoms with E-state index < -0.39 is 11.4 Å². The van der Waals surface area contributed by atoms with Gasteiger partial charge < -0.3 is 14.8 Å². The molecular weight excluding hydrogens is 309 g/mol. The minimum absolute atomic E-state index is 0.107. The molecule has 1 atom stereocenters. The molecular formula is C19H22FNO3. The van der Waals surface area contributed by atoms with Crippen molar-refractivity contribution in [3.05, 3.63) is 65.5 Å². The van der Waals surface area contributed by atoms with Gasteiger partial charge in [-0.3, -0.25) is 4.79 Å². The molecule has 5 heteroatoms. The van der Waals surface area contributed by atoms with Crippen molar-refractivity contribution in [1.29, 1.82) is 0 Å². The second-order valence-electron chi connectivity index (χ2n) is 5.45. The number of hydrogen-bond donors (Lipinski definition) is 1. The Bertz CT molecular complexity index is 684. The van der Waals surface area contributed by atoms with Crippen molar-refractivity contribution in [2.45, 2.75) is 18.9 Å². The third kappa shape index (κ3) is 3.74. The molecule has 2 aromatic carbocycles. The number of benzene rings is 2. The van der Waals surface area contributed by atoms with Crippen LogP contribution in [0.4, 0.5) is 4.39 Å². The average molecular weight is 331 g/mol. The molecule has 2 aromatic rings. The van der Waals surface area contributed by atoms with Crippen LogP contribution in [0.5, 0.6) is 5.75 Å². The van der Waals surface area contributed by atoms with Crippen molar-refractivity contribution in [1.82, 2.24) is 5.32 Å². The smallest absolute Gasteiger partial charge is 0.251 e. The monoisotopic (exact) mass is 331 g/mol. The molecule has 0 saturated carbocycles. The molecule has 0 fully saturated rings. The summed E-state index contributed by atoms with van der Waals surface area (Å²) in [4.78, 5) is 12.3. The Hall–Kier alpha value is -2.40. The van der Waals surface area contributed by atoms with Crippen LogP contribution in [-0.4, -0.2) is 26.7 Å². The number of methoxy groups -OCH3 is 2. The third-order valence-corrected chi connectivity index (χ3v) is 4.21. The Kier molecular flexibility index (Phi) is 5.93. The topological polar surface area (TPSA) is 47.6 Å². The molecule has 0 heterocycles. The summed E-state index contributed by atoms with van der Waals surface area (Å²) in [7, 11) is 3.00. The zero-order valence-electron chi connectivity index (χ0n) is 14.1. The maximum absolute atomic E-state index is 13.8. The molecule has 0 saturated heterocycles. The van der Waals surface area contributed by atoms with Gasteiger partial charge in [0.25, 0.3) is 5.91 Å². The summed E-state index contributed by atoms with van der Waals surface area (Å²) in [6.07, 6.45) is 0.685. The van der Waals surface area contributed by atoms with Crippen molar-refractivity contribution < 1.29 is 18.7 Å². The van der Waals surface area contributed by atoms with Crippen LogP contribution < -0.4 is 10.1 Å². The van der Waals surface area contributed by atoms with Crippen LogP contribution in [0, 0.1) is 5.82 Å². The van der Waals surface area contributed by atoms with Crippen molar-refractivity contribution in [3.8, 4) is 5.75 Å². The summed E-state index contributed by atoms with van der Waals surface area (Å²) in [5.74, 6) is -0.820. The van der Waals surface area contributed by atoms with Gasteiger partial charge in [-0.2, -0.15) is 0 Å². The molecule has 2 rings (SSSR count). The van der Waals surface area contributed by atoms with Gasteiger partial charge >= 0.3 is 0 Å². The van der Waals surface area contributed by atoms with E-state index in [1.54, 1.807) is 7.11 Å². The number of ether oxygens (including phenoxy) is 2. The van der Waals surface area contributed by atoms with Crippen LogP contribution in [-0.2, 0) is 10.3 Å². The van der Waals surface area contributed by atoms with Crippen molar-refractivity contribution in [2.24, 2.45) is 0 Å². The zero-order valence-corrected chi connectivity index (χ0v) is 14.1. The summed E-state index contributed by atoms with van der Waals surface area (Å²) in [5.41, 5.74) is 0.598. The van der Waals surface area contributed by atoms with Crippen LogP contribution in [0.2, 0.25) is 0 Å². The Labute approximate surface area is 141 Å². The van der Waals surface area contributed by atoms with Gasteiger partial charge in [-0.15, -0.1) is 0 Å². The number of carbonyl (C=O) groups excluding carboxylic acids is 1. The third-order valence-electron chi connectivity index (χ3n) is 4.21. The Morgan fingerprint density at radius 1 is 1.17 bits per heavy atom. The number of nitrogens with one attached hydrogen (secondary N) is 1. The quantitative estimate of drug-likeness (QED) is 0.844. The standard InChI is InChI=1S/C19H22FNO3/c1-4-19(24-3,15-8-6-5-7-9-15)13-21-18(22)14-10-11-17(23-2)16(20)12-14/h5-12H,4,13H2,1-3H3,(H,21,22)/t19-/m0/s1. The first-order valence-electron chi connectivity index (χ1n) is 7.78. The van der Waals surface area contributed by atoms with Gasteiger partial charge in [0.2, 0.25) is 0 Å². The molecule has 0 aliphatic heterocycles. The van der Waals surface area contributed by atoms with E-state index in [1.807, 2.05) is 37.3 Å². The molecule has 0 aromatic heterocycles. The average Bonchev–Trinajstić information content (AvgIpc) is 2.63. The van der Waals surface area contributed by atoms with Gasteiger partial charge in [-0.05, 0) is 30.2 Å². The summed E-state index contributed by atoms with van der Waals surface area (Å²) in [5, 5.41) is 2.83. The first kappa shape index (κ1) is 17.9. The Morgan fingerprint density at radius 3 is 2.42 bits per heavy atom. The lowest BCUT2D eigenvalue weighted by Gasteiger charge is -2.32. The van der Waals surface area contributed by atoms with Crippen LogP contribution in [0.3, 0.4) is 0 Å². The van der Waals surface area contributed by atoms with E-state index in [9.17, 15) is 9.18 Å². The van der Waals surface area contributed by atoms with Gasteiger partial charge in [0.1, 0.15) is 5.60 Å². The van der Waals surface area contributed by atoms with Crippen LogP contribution in [0.25, 0.3) is 0 Å². The summed E-state index contributed by atoms with van der Waals surface area (Å²) in [6.45, 7) is 2.28. The first-order valence-corrected chi connectivity index (χ1v) is 7.78. The fraction of sp³-hybridized carbons (Fsp3) is 0.316. The number of hydrogen-bond acceptors (Lipinski definition) is 3. The highest BCUT2D eigenvalue weighted by Crippen LogP contribution is 2.28. The highest BCUT2D eigenvalue weighted by atomic mass is 19.1. The fourth-order valence-electron chi connectivity index (χ4n) is 2.64. The van der Waals surface area contributed by atoms with Crippen molar-refractivity contribution in [3.63, 3.8) is 0 Å². The van der Waals surface area contributed by atoms with E-state index in [1.165, 1.54) is 19.2 Å². The summed E-state index contributed by atoms with van der Waals surface area (Å²) >= 11 is 0. The van der Waals surface area contributed by atoms with E-state index in [-0.39, 0.29) is 23.8 Å². The van der Waals surface area contributed by atoms with E-state index >= 15 is 0 Å². The van der Waals surface area contributed by atoms with Crippen LogP contribution in [0.15, 0.2) is 48.5 Å². The lowest BCUT2D eigenvalue weighted by Crippen LogP contribution is -2.42. The highest BCUT2D eigenvalue weighted by Gasteiger charge is 2.30. The molecule has 0 radical (unpaired) electrons. The van der Waals surface area contributed by atoms with Gasteiger partial charge in [0.05, 0.1) is 13.7 Å². The van der Waals surface area contributed by atoms with Crippen LogP contribution in [0.1, 0.15) is 29.3 Å². The van der Waals surface area contributed by atoms with Gasteiger partial charge in [0, 0.05) is 12.7 Å². The van der Waals surface area contributed by atoms with Crippen LogP contribution >= 0.6 is 0 Å². The Balaban J connectivity index is 2.15.